The van der Waals surface area contributed by atoms with Gasteiger partial charge >= 0.3 is 5.97 Å². The van der Waals surface area contributed by atoms with Gasteiger partial charge in [0, 0.05) is 21.0 Å². The van der Waals surface area contributed by atoms with Crippen molar-refractivity contribution in [2.45, 2.75) is 12.8 Å². The molecule has 1 fully saturated rings. The zero-order chi connectivity index (χ0) is 28.7. The number of aromatic nitrogens is 1. The highest BCUT2D eigenvalue weighted by molar-refractivity contribution is 9.10. The highest BCUT2D eigenvalue weighted by Crippen LogP contribution is 2.38. The number of allylic oxidation sites excluding steroid dienone is 2. The third-order valence-corrected chi connectivity index (χ3v) is 8.27. The van der Waals surface area contributed by atoms with E-state index in [0.29, 0.717) is 51.3 Å². The number of hydrogen-bond acceptors (Lipinski definition) is 6. The fourth-order valence-electron chi connectivity index (χ4n) is 5.29. The van der Waals surface area contributed by atoms with Gasteiger partial charge in [-0.05, 0) is 49.2 Å². The molecule has 2 heterocycles. The summed E-state index contributed by atoms with van der Waals surface area (Å²) in [5.41, 5.74) is 2.62. The van der Waals surface area contributed by atoms with Gasteiger partial charge in [-0.25, -0.2) is 9.78 Å². The van der Waals surface area contributed by atoms with Crippen LogP contribution in [-0.2, 0) is 14.3 Å². The Labute approximate surface area is 248 Å². The van der Waals surface area contributed by atoms with Gasteiger partial charge in [0.2, 0.25) is 11.8 Å². The van der Waals surface area contributed by atoms with E-state index >= 15 is 0 Å². The number of rotatable bonds is 6. The molecule has 0 unspecified atom stereocenters. The largest absolute Gasteiger partial charge is 0.454 e. The maximum absolute atomic E-state index is 13.2. The van der Waals surface area contributed by atoms with Crippen molar-refractivity contribution in [2.24, 2.45) is 11.8 Å². The summed E-state index contributed by atoms with van der Waals surface area (Å²) in [6.07, 6.45) is 5.04. The average molecular weight is 630 g/mol. The van der Waals surface area contributed by atoms with Gasteiger partial charge in [0.15, 0.2) is 12.4 Å². The van der Waals surface area contributed by atoms with E-state index < -0.39 is 12.6 Å². The fraction of sp³-hybridized carbons (Fsp3) is 0.156. The van der Waals surface area contributed by atoms with E-state index in [1.165, 1.54) is 4.90 Å². The van der Waals surface area contributed by atoms with Crippen molar-refractivity contribution < 1.29 is 23.9 Å². The quantitative estimate of drug-likeness (QED) is 0.101. The summed E-state index contributed by atoms with van der Waals surface area (Å²) in [6.45, 7) is -0.426. The number of Topliss-reactive ketones (excluding diaryl/α,β-unsaturated/α-hetero) is 1. The summed E-state index contributed by atoms with van der Waals surface area (Å²) in [7, 11) is 0. The minimum absolute atomic E-state index is 0.185. The molecule has 41 heavy (non-hydrogen) atoms. The first-order chi connectivity index (χ1) is 19.8. The number of pyridine rings is 1. The predicted octanol–water partition coefficient (Wildman–Crippen LogP) is 6.81. The van der Waals surface area contributed by atoms with Gasteiger partial charge in [0.25, 0.3) is 0 Å². The van der Waals surface area contributed by atoms with Crippen molar-refractivity contribution in [3.8, 4) is 11.3 Å². The number of halogens is 2. The van der Waals surface area contributed by atoms with Crippen LogP contribution in [-0.4, -0.2) is 35.2 Å². The number of anilines is 1. The van der Waals surface area contributed by atoms with Crippen molar-refractivity contribution in [2.75, 3.05) is 11.5 Å². The van der Waals surface area contributed by atoms with Gasteiger partial charge in [-0.2, -0.15) is 0 Å². The molecule has 0 radical (unpaired) electrons. The van der Waals surface area contributed by atoms with Crippen LogP contribution in [0.4, 0.5) is 5.69 Å². The number of para-hydroxylation sites is 1. The number of amides is 2. The molecular weight excluding hydrogens is 608 g/mol. The molecule has 1 aliphatic carbocycles. The second-order valence-corrected chi connectivity index (χ2v) is 11.2. The van der Waals surface area contributed by atoms with Gasteiger partial charge in [0.05, 0.1) is 39.3 Å². The lowest BCUT2D eigenvalue weighted by Crippen LogP contribution is -2.30. The molecule has 6 rings (SSSR count). The number of carbonyl (C=O) groups excluding carboxylic acids is 4. The van der Waals surface area contributed by atoms with Crippen molar-refractivity contribution in [1.82, 2.24) is 4.98 Å². The third-order valence-electron chi connectivity index (χ3n) is 7.44. The zero-order valence-electron chi connectivity index (χ0n) is 21.6. The number of fused-ring (bicyclic) bond motifs is 2. The SMILES string of the molecule is O=C(COC(=O)c1cc(-c2ccc(N3C(=O)[C@@H]4CC=CC[C@H]4C3=O)cc2)nc2c(Cl)cccc12)c1ccc(Br)cc1. The number of benzene rings is 3. The molecule has 0 bridgehead atoms. The second-order valence-electron chi connectivity index (χ2n) is 9.91. The standard InChI is InChI=1S/C32H22BrClN2O5/c33-20-12-8-19(9-13-20)28(37)17-41-32(40)25-16-27(35-29-22(25)6-3-7-26(29)34)18-10-14-21(15-11-18)36-30(38)23-4-1-2-5-24(23)31(36)39/h1-3,6-16,23-24H,4-5,17H2/t23-,24-/m1/s1. The number of esters is 1. The van der Waals surface area contributed by atoms with E-state index in [-0.39, 0.29) is 35.0 Å². The Kier molecular flexibility index (Phi) is 7.28. The van der Waals surface area contributed by atoms with E-state index in [2.05, 4.69) is 20.9 Å². The first kappa shape index (κ1) is 27.1. The van der Waals surface area contributed by atoms with Crippen molar-refractivity contribution in [3.63, 3.8) is 0 Å². The Morgan fingerprint density at radius 1 is 0.927 bits per heavy atom. The molecule has 2 aliphatic rings. The molecule has 3 aromatic carbocycles. The molecule has 9 heteroatoms. The molecule has 1 aliphatic heterocycles. The van der Waals surface area contributed by atoms with Crippen LogP contribution < -0.4 is 4.90 Å². The lowest BCUT2D eigenvalue weighted by molar-refractivity contribution is -0.122. The van der Waals surface area contributed by atoms with Gasteiger partial charge in [-0.3, -0.25) is 19.3 Å². The molecule has 204 valence electrons. The summed E-state index contributed by atoms with van der Waals surface area (Å²) < 4.78 is 6.25. The lowest BCUT2D eigenvalue weighted by Gasteiger charge is -2.16. The zero-order valence-corrected chi connectivity index (χ0v) is 23.9. The third kappa shape index (κ3) is 5.09. The summed E-state index contributed by atoms with van der Waals surface area (Å²) in [5.74, 6) is -2.03. The van der Waals surface area contributed by atoms with Gasteiger partial charge in [-0.1, -0.05) is 76.1 Å². The minimum atomic E-state index is -0.688. The maximum atomic E-state index is 13.2. The van der Waals surface area contributed by atoms with Crippen LogP contribution in [0.5, 0.6) is 0 Å². The first-order valence-corrected chi connectivity index (χ1v) is 14.2. The molecule has 0 N–H and O–H groups in total. The van der Waals surface area contributed by atoms with E-state index in [0.717, 1.165) is 4.47 Å². The maximum Gasteiger partial charge on any atom is 0.339 e. The molecule has 7 nitrogen and oxygen atoms in total. The topological polar surface area (TPSA) is 93.6 Å². The summed E-state index contributed by atoms with van der Waals surface area (Å²) in [5, 5.41) is 0.842. The number of ketones is 1. The summed E-state index contributed by atoms with van der Waals surface area (Å²) in [4.78, 5) is 57.7. The van der Waals surface area contributed by atoms with Crippen LogP contribution in [0.2, 0.25) is 5.02 Å². The summed E-state index contributed by atoms with van der Waals surface area (Å²) in [6, 6.07) is 20.4. The van der Waals surface area contributed by atoms with E-state index in [1.807, 2.05) is 12.2 Å². The van der Waals surface area contributed by atoms with Crippen LogP contribution in [0, 0.1) is 11.8 Å². The van der Waals surface area contributed by atoms with Gasteiger partial charge < -0.3 is 4.74 Å². The van der Waals surface area contributed by atoms with Crippen molar-refractivity contribution >= 4 is 67.7 Å². The Morgan fingerprint density at radius 2 is 1.59 bits per heavy atom. The molecule has 2 amide bonds. The van der Waals surface area contributed by atoms with Gasteiger partial charge in [0.1, 0.15) is 0 Å². The van der Waals surface area contributed by atoms with E-state index in [4.69, 9.17) is 16.3 Å². The fourth-order valence-corrected chi connectivity index (χ4v) is 5.78. The Bertz CT molecular complexity index is 1720. The molecule has 4 aromatic rings. The minimum Gasteiger partial charge on any atom is -0.454 e. The van der Waals surface area contributed by atoms with Crippen molar-refractivity contribution in [3.05, 3.63) is 106 Å². The molecule has 0 saturated carbocycles. The van der Waals surface area contributed by atoms with E-state index in [1.54, 1.807) is 72.8 Å². The Hall–Kier alpha value is -4.14. The monoisotopic (exact) mass is 628 g/mol. The highest BCUT2D eigenvalue weighted by atomic mass is 79.9. The van der Waals surface area contributed by atoms with Crippen LogP contribution in [0.15, 0.2) is 89.4 Å². The average Bonchev–Trinajstić information content (AvgIpc) is 3.25. The van der Waals surface area contributed by atoms with E-state index in [9.17, 15) is 19.2 Å². The Balaban J connectivity index is 1.29. The second kappa shape index (κ2) is 11.0. The number of nitrogens with zero attached hydrogens (tertiary/aromatic N) is 2. The smallest absolute Gasteiger partial charge is 0.339 e. The Morgan fingerprint density at radius 3 is 2.24 bits per heavy atom. The number of imide groups is 1. The number of carbonyl (C=O) groups is 4. The lowest BCUT2D eigenvalue weighted by atomic mass is 9.85. The highest BCUT2D eigenvalue weighted by Gasteiger charge is 2.47. The van der Waals surface area contributed by atoms with Crippen LogP contribution in [0.3, 0.4) is 0 Å². The van der Waals surface area contributed by atoms with Crippen LogP contribution in [0.25, 0.3) is 22.2 Å². The van der Waals surface area contributed by atoms with Crippen LogP contribution in [0.1, 0.15) is 33.6 Å². The summed E-state index contributed by atoms with van der Waals surface area (Å²) >= 11 is 9.79. The van der Waals surface area contributed by atoms with Gasteiger partial charge in [-0.15, -0.1) is 0 Å². The molecular formula is C32H22BrClN2O5. The van der Waals surface area contributed by atoms with Crippen molar-refractivity contribution in [1.29, 1.82) is 0 Å². The molecule has 1 aromatic heterocycles. The normalized spacial score (nSPS) is 18.0. The predicted molar refractivity (Wildman–Crippen MR) is 159 cm³/mol. The first-order valence-electron chi connectivity index (χ1n) is 13.0. The molecule has 0 spiro atoms. The molecule has 1 saturated heterocycles. The number of ether oxygens (including phenoxy) is 1. The molecule has 2 atom stereocenters. The van der Waals surface area contributed by atoms with Crippen LogP contribution >= 0.6 is 27.5 Å². The number of hydrogen-bond donors (Lipinski definition) is 0.